The fraction of sp³-hybridized carbons (Fsp3) is 0.250. The van der Waals surface area contributed by atoms with Gasteiger partial charge in [-0.15, -0.1) is 0 Å². The molecule has 0 aliphatic rings. The first kappa shape index (κ1) is 14.1. The number of halogens is 1. The molecule has 0 aliphatic carbocycles. The lowest BCUT2D eigenvalue weighted by molar-refractivity contribution is 0.829. The molecule has 0 unspecified atom stereocenters. The van der Waals surface area contributed by atoms with Crippen molar-refractivity contribution in [2.24, 2.45) is 5.73 Å². The van der Waals surface area contributed by atoms with Gasteiger partial charge < -0.3 is 10.6 Å². The smallest absolute Gasteiger partial charge is 0.0429 e. The third-order valence-electron chi connectivity index (χ3n) is 3.14. The van der Waals surface area contributed by atoms with Crippen LogP contribution in [0.15, 0.2) is 53.0 Å². The summed E-state index contributed by atoms with van der Waals surface area (Å²) in [5, 5.41) is 0. The Balaban J connectivity index is 2.24. The van der Waals surface area contributed by atoms with E-state index in [1.54, 1.807) is 0 Å². The molecule has 3 heteroatoms. The van der Waals surface area contributed by atoms with Crippen molar-refractivity contribution in [1.82, 2.24) is 0 Å². The topological polar surface area (TPSA) is 29.3 Å². The summed E-state index contributed by atoms with van der Waals surface area (Å²) < 4.78 is 1.08. The van der Waals surface area contributed by atoms with E-state index in [1.807, 2.05) is 6.07 Å². The highest BCUT2D eigenvalue weighted by Crippen LogP contribution is 2.24. The van der Waals surface area contributed by atoms with Gasteiger partial charge in [0.25, 0.3) is 0 Å². The van der Waals surface area contributed by atoms with Crippen LogP contribution in [0.3, 0.4) is 0 Å². The predicted octanol–water partition coefficient (Wildman–Crippen LogP) is 3.93. The van der Waals surface area contributed by atoms with E-state index in [9.17, 15) is 0 Å². The van der Waals surface area contributed by atoms with Crippen molar-refractivity contribution in [3.05, 3.63) is 64.1 Å². The monoisotopic (exact) mass is 318 g/mol. The summed E-state index contributed by atoms with van der Waals surface area (Å²) in [5.41, 5.74) is 9.42. The van der Waals surface area contributed by atoms with Gasteiger partial charge in [-0.25, -0.2) is 0 Å². The molecule has 0 bridgehead atoms. The van der Waals surface area contributed by atoms with Gasteiger partial charge in [0.1, 0.15) is 0 Å². The molecule has 0 radical (unpaired) electrons. The quantitative estimate of drug-likeness (QED) is 0.904. The lowest BCUT2D eigenvalue weighted by Crippen LogP contribution is -2.22. The van der Waals surface area contributed by atoms with Gasteiger partial charge in [0, 0.05) is 29.8 Å². The third-order valence-corrected chi connectivity index (χ3v) is 3.60. The van der Waals surface area contributed by atoms with E-state index in [0.717, 1.165) is 23.1 Å². The molecule has 2 nitrogen and oxygen atoms in total. The molecule has 0 saturated heterocycles. The third kappa shape index (κ3) is 3.82. The molecule has 19 heavy (non-hydrogen) atoms. The first-order valence-corrected chi connectivity index (χ1v) is 7.30. The van der Waals surface area contributed by atoms with E-state index in [1.165, 1.54) is 11.3 Å². The maximum absolute atomic E-state index is 5.74. The lowest BCUT2D eigenvalue weighted by Gasteiger charge is -2.24. The predicted molar refractivity (Wildman–Crippen MR) is 85.2 cm³/mol. The molecular formula is C16H19BrN2. The number of nitrogens with zero attached hydrogens (tertiary/aromatic N) is 1. The molecule has 2 rings (SSSR count). The van der Waals surface area contributed by atoms with Crippen LogP contribution in [0.5, 0.6) is 0 Å². The summed E-state index contributed by atoms with van der Waals surface area (Å²) >= 11 is 3.55. The Kier molecular flexibility index (Phi) is 5.00. The van der Waals surface area contributed by atoms with Gasteiger partial charge in [-0.2, -0.15) is 0 Å². The summed E-state index contributed by atoms with van der Waals surface area (Å²) in [6, 6.07) is 16.9. The fourth-order valence-electron chi connectivity index (χ4n) is 2.12. The second kappa shape index (κ2) is 6.73. The van der Waals surface area contributed by atoms with Crippen molar-refractivity contribution in [2.45, 2.75) is 20.0 Å². The van der Waals surface area contributed by atoms with Crippen molar-refractivity contribution in [2.75, 3.05) is 11.4 Å². The standard InChI is InChI=1S/C16H19BrN2/c1-2-19(12-13-6-4-3-5-7-13)16-9-14(11-18)8-15(17)10-16/h3-10H,2,11-12,18H2,1H3. The van der Waals surface area contributed by atoms with Crippen molar-refractivity contribution in [3.63, 3.8) is 0 Å². The number of hydrogen-bond donors (Lipinski definition) is 1. The number of hydrogen-bond acceptors (Lipinski definition) is 2. The molecule has 2 aromatic carbocycles. The highest BCUT2D eigenvalue weighted by atomic mass is 79.9. The molecule has 0 amide bonds. The first-order valence-electron chi connectivity index (χ1n) is 6.51. The van der Waals surface area contributed by atoms with Crippen LogP contribution < -0.4 is 10.6 Å². The summed E-state index contributed by atoms with van der Waals surface area (Å²) in [6.07, 6.45) is 0. The minimum Gasteiger partial charge on any atom is -0.367 e. The lowest BCUT2D eigenvalue weighted by atomic mass is 10.1. The highest BCUT2D eigenvalue weighted by molar-refractivity contribution is 9.10. The van der Waals surface area contributed by atoms with Gasteiger partial charge in [-0.05, 0) is 36.2 Å². The second-order valence-corrected chi connectivity index (χ2v) is 5.44. The highest BCUT2D eigenvalue weighted by Gasteiger charge is 2.07. The Labute approximate surface area is 123 Å². The average Bonchev–Trinajstić information content (AvgIpc) is 2.45. The molecular weight excluding hydrogens is 300 g/mol. The van der Waals surface area contributed by atoms with Crippen LogP contribution in [0.2, 0.25) is 0 Å². The van der Waals surface area contributed by atoms with Crippen molar-refractivity contribution in [3.8, 4) is 0 Å². The number of anilines is 1. The van der Waals surface area contributed by atoms with Gasteiger partial charge in [-0.3, -0.25) is 0 Å². The normalized spacial score (nSPS) is 10.5. The second-order valence-electron chi connectivity index (χ2n) is 4.52. The Morgan fingerprint density at radius 3 is 2.42 bits per heavy atom. The zero-order valence-corrected chi connectivity index (χ0v) is 12.7. The Morgan fingerprint density at radius 1 is 1.05 bits per heavy atom. The van der Waals surface area contributed by atoms with Crippen LogP contribution >= 0.6 is 15.9 Å². The van der Waals surface area contributed by atoms with E-state index in [-0.39, 0.29) is 0 Å². The molecule has 0 aromatic heterocycles. The van der Waals surface area contributed by atoms with E-state index < -0.39 is 0 Å². The van der Waals surface area contributed by atoms with E-state index >= 15 is 0 Å². The zero-order valence-electron chi connectivity index (χ0n) is 11.1. The van der Waals surface area contributed by atoms with Gasteiger partial charge >= 0.3 is 0 Å². The van der Waals surface area contributed by atoms with Gasteiger partial charge in [0.15, 0.2) is 0 Å². The van der Waals surface area contributed by atoms with Crippen LogP contribution in [0, 0.1) is 0 Å². The molecule has 0 heterocycles. The van der Waals surface area contributed by atoms with Crippen molar-refractivity contribution < 1.29 is 0 Å². The van der Waals surface area contributed by atoms with Crippen LogP contribution in [0.1, 0.15) is 18.1 Å². The maximum Gasteiger partial charge on any atom is 0.0429 e. The van der Waals surface area contributed by atoms with Crippen LogP contribution in [0.25, 0.3) is 0 Å². The Morgan fingerprint density at radius 2 is 1.79 bits per heavy atom. The molecule has 2 aromatic rings. The minimum absolute atomic E-state index is 0.565. The van der Waals surface area contributed by atoms with Crippen LogP contribution in [0.4, 0.5) is 5.69 Å². The summed E-state index contributed by atoms with van der Waals surface area (Å²) in [6.45, 7) is 4.62. The summed E-state index contributed by atoms with van der Waals surface area (Å²) in [7, 11) is 0. The van der Waals surface area contributed by atoms with Gasteiger partial charge in [0.2, 0.25) is 0 Å². The zero-order chi connectivity index (χ0) is 13.7. The molecule has 0 saturated carbocycles. The number of nitrogens with two attached hydrogens (primary N) is 1. The molecule has 0 fully saturated rings. The van der Waals surface area contributed by atoms with Crippen molar-refractivity contribution >= 4 is 21.6 Å². The molecule has 0 spiro atoms. The van der Waals surface area contributed by atoms with Gasteiger partial charge in [0.05, 0.1) is 0 Å². The first-order chi connectivity index (χ1) is 9.22. The Bertz CT molecular complexity index is 526. The average molecular weight is 319 g/mol. The largest absolute Gasteiger partial charge is 0.367 e. The molecule has 2 N–H and O–H groups in total. The SMILES string of the molecule is CCN(Cc1ccccc1)c1cc(Br)cc(CN)c1. The summed E-state index contributed by atoms with van der Waals surface area (Å²) in [4.78, 5) is 2.35. The summed E-state index contributed by atoms with van der Waals surface area (Å²) in [5.74, 6) is 0. The molecule has 0 aliphatic heterocycles. The molecule has 100 valence electrons. The maximum atomic E-state index is 5.74. The number of rotatable bonds is 5. The van der Waals surface area contributed by atoms with Crippen molar-refractivity contribution in [1.29, 1.82) is 0 Å². The van der Waals surface area contributed by atoms with E-state index in [0.29, 0.717) is 6.54 Å². The molecule has 0 atom stereocenters. The van der Waals surface area contributed by atoms with Gasteiger partial charge in [-0.1, -0.05) is 46.3 Å². The number of benzene rings is 2. The fourth-order valence-corrected chi connectivity index (χ4v) is 2.65. The minimum atomic E-state index is 0.565. The van der Waals surface area contributed by atoms with Crippen LogP contribution in [-0.2, 0) is 13.1 Å². The van der Waals surface area contributed by atoms with E-state index in [4.69, 9.17) is 5.73 Å². The Hall–Kier alpha value is -1.32. The van der Waals surface area contributed by atoms with E-state index in [2.05, 4.69) is 70.2 Å². The van der Waals surface area contributed by atoms with Crippen LogP contribution in [-0.4, -0.2) is 6.54 Å².